The van der Waals surface area contributed by atoms with Crippen LogP contribution in [-0.2, 0) is 4.74 Å². The lowest BCUT2D eigenvalue weighted by Crippen LogP contribution is -2.23. The Hall–Kier alpha value is -2.28. The summed E-state index contributed by atoms with van der Waals surface area (Å²) in [4.78, 5) is 28.2. The van der Waals surface area contributed by atoms with Crippen LogP contribution in [0.1, 0.15) is 62.8 Å². The van der Waals surface area contributed by atoms with Crippen LogP contribution < -0.4 is 11.2 Å². The lowest BCUT2D eigenvalue weighted by Gasteiger charge is -2.26. The number of rotatable bonds is 5. The Morgan fingerprint density at radius 3 is 2.77 bits per heavy atom. The van der Waals surface area contributed by atoms with Gasteiger partial charge in [0.25, 0.3) is 5.56 Å². The number of hydrogen-bond donors (Lipinski definition) is 2. The van der Waals surface area contributed by atoms with E-state index in [0.717, 1.165) is 17.2 Å². The minimum atomic E-state index is -0.526. The Kier molecular flexibility index (Phi) is 4.48. The van der Waals surface area contributed by atoms with Gasteiger partial charge in [-0.15, -0.1) is 5.10 Å². The third-order valence-electron chi connectivity index (χ3n) is 5.89. The molecule has 2 aromatic heterocycles. The Labute approximate surface area is 151 Å². The summed E-state index contributed by atoms with van der Waals surface area (Å²) in [7, 11) is 0. The summed E-state index contributed by atoms with van der Waals surface area (Å²) in [6.07, 6.45) is 6.30. The molecule has 2 bridgehead atoms. The zero-order valence-corrected chi connectivity index (χ0v) is 15.1. The van der Waals surface area contributed by atoms with E-state index >= 15 is 0 Å². The number of fused-ring (bicyclic) bond motifs is 2. The van der Waals surface area contributed by atoms with E-state index in [1.54, 1.807) is 0 Å². The van der Waals surface area contributed by atoms with Crippen LogP contribution in [0, 0.1) is 11.8 Å². The number of aromatic amines is 2. The van der Waals surface area contributed by atoms with Crippen molar-refractivity contribution in [2.75, 3.05) is 6.61 Å². The molecule has 2 aromatic rings. The summed E-state index contributed by atoms with van der Waals surface area (Å²) in [5.41, 5.74) is 1.86. The predicted molar refractivity (Wildman–Crippen MR) is 96.9 cm³/mol. The average molecular weight is 356 g/mol. The van der Waals surface area contributed by atoms with Gasteiger partial charge in [-0.3, -0.25) is 9.78 Å². The van der Waals surface area contributed by atoms with Gasteiger partial charge in [0.2, 0.25) is 0 Å². The van der Waals surface area contributed by atoms with Gasteiger partial charge in [-0.05, 0) is 62.5 Å². The molecule has 0 spiro atoms. The largest absolute Gasteiger partial charge is 0.372 e. The molecule has 7 heteroatoms. The van der Waals surface area contributed by atoms with Crippen molar-refractivity contribution in [3.05, 3.63) is 44.4 Å². The van der Waals surface area contributed by atoms with Gasteiger partial charge in [0.15, 0.2) is 0 Å². The Bertz CT molecular complexity index is 919. The van der Waals surface area contributed by atoms with Crippen molar-refractivity contribution < 1.29 is 4.74 Å². The van der Waals surface area contributed by atoms with Crippen molar-refractivity contribution in [2.24, 2.45) is 11.8 Å². The lowest BCUT2D eigenvalue weighted by molar-refractivity contribution is 0.0714. The molecule has 4 atom stereocenters. The molecule has 2 saturated carbocycles. The standard InChI is InChI=1S/C19H24N4O3/c1-3-26-10(2)17-14(13-7-11-4-5-12(13)6-11)8-16(22-23-17)15-9-20-19(25)21-18(15)24/h8-13H,3-7H2,1-2H3,(H2,20,21,24,25)/t10?,11-,12+,13-/m1/s1. The van der Waals surface area contributed by atoms with E-state index in [1.165, 1.54) is 31.9 Å². The third-order valence-corrected chi connectivity index (χ3v) is 5.89. The molecule has 26 heavy (non-hydrogen) atoms. The van der Waals surface area contributed by atoms with E-state index in [1.807, 2.05) is 19.9 Å². The summed E-state index contributed by atoms with van der Waals surface area (Å²) in [5.74, 6) is 1.93. The summed E-state index contributed by atoms with van der Waals surface area (Å²) in [6, 6.07) is 1.98. The van der Waals surface area contributed by atoms with Crippen LogP contribution in [0.3, 0.4) is 0 Å². The molecule has 0 saturated heterocycles. The zero-order chi connectivity index (χ0) is 18.3. The summed E-state index contributed by atoms with van der Waals surface area (Å²) in [6.45, 7) is 4.58. The van der Waals surface area contributed by atoms with Crippen LogP contribution in [0.2, 0.25) is 0 Å². The van der Waals surface area contributed by atoms with Gasteiger partial charge in [0.1, 0.15) is 5.69 Å². The van der Waals surface area contributed by atoms with Crippen LogP contribution in [0.25, 0.3) is 11.3 Å². The van der Waals surface area contributed by atoms with Gasteiger partial charge in [0.05, 0.1) is 17.4 Å². The summed E-state index contributed by atoms with van der Waals surface area (Å²) in [5, 5.41) is 8.71. The molecule has 2 fully saturated rings. The van der Waals surface area contributed by atoms with Crippen molar-refractivity contribution in [3.8, 4) is 11.3 Å². The highest BCUT2D eigenvalue weighted by atomic mass is 16.5. The Morgan fingerprint density at radius 2 is 2.12 bits per heavy atom. The van der Waals surface area contributed by atoms with Crippen molar-refractivity contribution in [2.45, 2.75) is 51.6 Å². The fourth-order valence-electron chi connectivity index (χ4n) is 4.71. The van der Waals surface area contributed by atoms with Crippen molar-refractivity contribution >= 4 is 0 Å². The van der Waals surface area contributed by atoms with Gasteiger partial charge in [0, 0.05) is 12.8 Å². The van der Waals surface area contributed by atoms with Crippen LogP contribution in [-0.4, -0.2) is 26.8 Å². The minimum Gasteiger partial charge on any atom is -0.372 e. The quantitative estimate of drug-likeness (QED) is 0.857. The van der Waals surface area contributed by atoms with Crippen molar-refractivity contribution in [1.82, 2.24) is 20.2 Å². The highest BCUT2D eigenvalue weighted by Gasteiger charge is 2.41. The molecule has 1 unspecified atom stereocenters. The first-order chi connectivity index (χ1) is 12.6. The van der Waals surface area contributed by atoms with Crippen LogP contribution >= 0.6 is 0 Å². The molecule has 2 aliphatic carbocycles. The van der Waals surface area contributed by atoms with E-state index < -0.39 is 11.2 Å². The second-order valence-corrected chi connectivity index (χ2v) is 7.43. The first-order valence-corrected chi connectivity index (χ1v) is 9.38. The molecule has 2 aliphatic rings. The zero-order valence-electron chi connectivity index (χ0n) is 15.1. The van der Waals surface area contributed by atoms with E-state index in [9.17, 15) is 9.59 Å². The normalized spacial score (nSPS) is 25.5. The first-order valence-electron chi connectivity index (χ1n) is 9.38. The fraction of sp³-hybridized carbons (Fsp3) is 0.579. The SMILES string of the molecule is CCOC(C)c1nnc(-c2c[nH]c(=O)[nH]c2=O)cc1[C@@H]1C[C@@H]2CC[C@H]1C2. The maximum Gasteiger partial charge on any atom is 0.325 e. The maximum absolute atomic E-state index is 12.2. The highest BCUT2D eigenvalue weighted by molar-refractivity contribution is 5.57. The van der Waals surface area contributed by atoms with E-state index in [0.29, 0.717) is 29.7 Å². The molecule has 138 valence electrons. The van der Waals surface area contributed by atoms with E-state index in [4.69, 9.17) is 4.74 Å². The van der Waals surface area contributed by atoms with Crippen molar-refractivity contribution in [1.29, 1.82) is 0 Å². The molecule has 0 amide bonds. The number of aromatic nitrogens is 4. The molecule has 0 aromatic carbocycles. The highest BCUT2D eigenvalue weighted by Crippen LogP contribution is 2.53. The number of hydrogen-bond acceptors (Lipinski definition) is 5. The van der Waals surface area contributed by atoms with Gasteiger partial charge < -0.3 is 9.72 Å². The molecule has 7 nitrogen and oxygen atoms in total. The second-order valence-electron chi connectivity index (χ2n) is 7.43. The first kappa shape index (κ1) is 17.1. The molecule has 0 radical (unpaired) electrons. The Morgan fingerprint density at radius 1 is 1.27 bits per heavy atom. The molecule has 2 N–H and O–H groups in total. The summed E-state index contributed by atoms with van der Waals surface area (Å²) >= 11 is 0. The van der Waals surface area contributed by atoms with Gasteiger partial charge in [-0.1, -0.05) is 6.42 Å². The number of nitrogens with zero attached hydrogens (tertiary/aromatic N) is 2. The molecule has 4 rings (SSSR count). The van der Waals surface area contributed by atoms with Crippen molar-refractivity contribution in [3.63, 3.8) is 0 Å². The number of H-pyrrole nitrogens is 2. The summed E-state index contributed by atoms with van der Waals surface area (Å²) < 4.78 is 5.78. The number of ether oxygens (including phenoxy) is 1. The van der Waals surface area contributed by atoms with Crippen LogP contribution in [0.15, 0.2) is 21.9 Å². The molecule has 2 heterocycles. The van der Waals surface area contributed by atoms with E-state index in [2.05, 4.69) is 20.2 Å². The fourth-order valence-corrected chi connectivity index (χ4v) is 4.71. The van der Waals surface area contributed by atoms with Gasteiger partial charge in [-0.2, -0.15) is 5.10 Å². The minimum absolute atomic E-state index is 0.135. The van der Waals surface area contributed by atoms with Gasteiger partial charge >= 0.3 is 5.69 Å². The maximum atomic E-state index is 12.2. The monoisotopic (exact) mass is 356 g/mol. The molecular formula is C19H24N4O3. The lowest BCUT2D eigenvalue weighted by atomic mass is 9.82. The third kappa shape index (κ3) is 3.00. The molecular weight excluding hydrogens is 332 g/mol. The van der Waals surface area contributed by atoms with E-state index in [-0.39, 0.29) is 6.10 Å². The predicted octanol–water partition coefficient (Wildman–Crippen LogP) is 2.52. The van der Waals surface area contributed by atoms with Crippen LogP contribution in [0.5, 0.6) is 0 Å². The topological polar surface area (TPSA) is 101 Å². The average Bonchev–Trinajstić information content (AvgIpc) is 3.25. The number of nitrogens with one attached hydrogen (secondary N) is 2. The molecule has 0 aliphatic heterocycles. The van der Waals surface area contributed by atoms with Gasteiger partial charge in [-0.25, -0.2) is 4.79 Å². The smallest absolute Gasteiger partial charge is 0.325 e. The Balaban J connectivity index is 1.79. The second kappa shape index (κ2) is 6.79. The van der Waals surface area contributed by atoms with Crippen LogP contribution in [0.4, 0.5) is 0 Å².